The first-order chi connectivity index (χ1) is 8.79. The van der Waals surface area contributed by atoms with Gasteiger partial charge in [-0.1, -0.05) is 20.8 Å². The van der Waals surface area contributed by atoms with Gasteiger partial charge in [0.15, 0.2) is 0 Å². The van der Waals surface area contributed by atoms with Crippen molar-refractivity contribution in [3.63, 3.8) is 0 Å². The van der Waals surface area contributed by atoms with E-state index in [-0.39, 0.29) is 5.41 Å². The molecule has 19 heavy (non-hydrogen) atoms. The Morgan fingerprint density at radius 3 is 2.58 bits per heavy atom. The first kappa shape index (κ1) is 14.4. The molecule has 1 aliphatic heterocycles. The highest BCUT2D eigenvalue weighted by molar-refractivity contribution is 5.44. The zero-order valence-electron chi connectivity index (χ0n) is 13.1. The lowest BCUT2D eigenvalue weighted by molar-refractivity contribution is 0.239. The van der Waals surface area contributed by atoms with Crippen molar-refractivity contribution in [3.8, 4) is 0 Å². The van der Waals surface area contributed by atoms with Gasteiger partial charge in [0.1, 0.15) is 0 Å². The fraction of sp³-hybridized carbons (Fsp3) is 0.800. The maximum Gasteiger partial charge on any atom is 0.0756 e. The molecule has 0 radical (unpaired) electrons. The Morgan fingerprint density at radius 1 is 1.37 bits per heavy atom. The molecule has 2 atom stereocenters. The van der Waals surface area contributed by atoms with E-state index >= 15 is 0 Å². The predicted molar refractivity (Wildman–Crippen MR) is 80.7 cm³/mol. The van der Waals surface area contributed by atoms with E-state index in [9.17, 15) is 0 Å². The second-order valence-electron chi connectivity index (χ2n) is 7.10. The SMILES string of the molecule is CC1CNC(C(C)(C)C)CN1c1cnn(C(C)C)c1. The average molecular weight is 264 g/mol. The van der Waals surface area contributed by atoms with Crippen LogP contribution in [-0.2, 0) is 0 Å². The molecule has 1 aromatic rings. The van der Waals surface area contributed by atoms with E-state index in [1.807, 2.05) is 10.9 Å². The van der Waals surface area contributed by atoms with Gasteiger partial charge in [0, 0.05) is 37.4 Å². The molecule has 0 aromatic carbocycles. The van der Waals surface area contributed by atoms with Gasteiger partial charge in [-0.15, -0.1) is 0 Å². The van der Waals surface area contributed by atoms with Crippen LogP contribution in [-0.4, -0.2) is 35.0 Å². The molecule has 1 saturated heterocycles. The number of aromatic nitrogens is 2. The lowest BCUT2D eigenvalue weighted by Crippen LogP contribution is -2.59. The fourth-order valence-electron chi connectivity index (χ4n) is 2.56. The van der Waals surface area contributed by atoms with Gasteiger partial charge in [-0.05, 0) is 26.2 Å². The van der Waals surface area contributed by atoms with Crippen molar-refractivity contribution in [2.24, 2.45) is 5.41 Å². The highest BCUT2D eigenvalue weighted by Gasteiger charge is 2.32. The summed E-state index contributed by atoms with van der Waals surface area (Å²) < 4.78 is 2.04. The van der Waals surface area contributed by atoms with Crippen molar-refractivity contribution < 1.29 is 0 Å². The molecule has 1 aliphatic rings. The molecule has 0 amide bonds. The van der Waals surface area contributed by atoms with E-state index in [1.165, 1.54) is 5.69 Å². The molecule has 0 spiro atoms. The highest BCUT2D eigenvalue weighted by atomic mass is 15.3. The molecule has 2 heterocycles. The minimum Gasteiger partial charge on any atom is -0.363 e. The lowest BCUT2D eigenvalue weighted by atomic mass is 9.85. The van der Waals surface area contributed by atoms with Crippen molar-refractivity contribution in [2.45, 2.75) is 59.7 Å². The molecule has 0 bridgehead atoms. The van der Waals surface area contributed by atoms with Crippen LogP contribution in [0, 0.1) is 5.41 Å². The molecule has 0 saturated carbocycles. The summed E-state index contributed by atoms with van der Waals surface area (Å²) in [4.78, 5) is 2.48. The van der Waals surface area contributed by atoms with Crippen LogP contribution in [0.25, 0.3) is 0 Å². The van der Waals surface area contributed by atoms with Crippen LogP contribution in [0.4, 0.5) is 5.69 Å². The molecular weight excluding hydrogens is 236 g/mol. The molecule has 2 unspecified atom stereocenters. The van der Waals surface area contributed by atoms with Gasteiger partial charge in [0.25, 0.3) is 0 Å². The topological polar surface area (TPSA) is 33.1 Å². The number of rotatable bonds is 2. The van der Waals surface area contributed by atoms with E-state index < -0.39 is 0 Å². The summed E-state index contributed by atoms with van der Waals surface area (Å²) in [5, 5.41) is 8.14. The van der Waals surface area contributed by atoms with Crippen LogP contribution in [0.3, 0.4) is 0 Å². The summed E-state index contributed by atoms with van der Waals surface area (Å²) >= 11 is 0. The molecule has 0 aliphatic carbocycles. The zero-order valence-corrected chi connectivity index (χ0v) is 13.1. The second kappa shape index (κ2) is 5.16. The zero-order chi connectivity index (χ0) is 14.2. The first-order valence-electron chi connectivity index (χ1n) is 7.33. The van der Waals surface area contributed by atoms with Gasteiger partial charge in [-0.25, -0.2) is 0 Å². The monoisotopic (exact) mass is 264 g/mol. The largest absolute Gasteiger partial charge is 0.363 e. The standard InChI is InChI=1S/C15H28N4/c1-11(2)19-9-13(8-17-19)18-10-14(15(4,5)6)16-7-12(18)3/h8-9,11-12,14,16H,7,10H2,1-6H3. The van der Waals surface area contributed by atoms with Gasteiger partial charge in [-0.2, -0.15) is 5.10 Å². The summed E-state index contributed by atoms with van der Waals surface area (Å²) in [6.45, 7) is 15.6. The third-order valence-corrected chi connectivity index (χ3v) is 4.06. The van der Waals surface area contributed by atoms with Gasteiger partial charge in [0.2, 0.25) is 0 Å². The molecular formula is C15H28N4. The van der Waals surface area contributed by atoms with Crippen LogP contribution >= 0.6 is 0 Å². The predicted octanol–water partition coefficient (Wildman–Crippen LogP) is 2.68. The van der Waals surface area contributed by atoms with E-state index in [4.69, 9.17) is 0 Å². The molecule has 2 rings (SSSR count). The van der Waals surface area contributed by atoms with Gasteiger partial charge in [-0.3, -0.25) is 4.68 Å². The van der Waals surface area contributed by atoms with Crippen LogP contribution in [0.1, 0.15) is 47.6 Å². The maximum absolute atomic E-state index is 4.47. The maximum atomic E-state index is 4.47. The Labute approximate surface area is 117 Å². The Kier molecular flexibility index (Phi) is 3.90. The normalized spacial score (nSPS) is 25.1. The summed E-state index contributed by atoms with van der Waals surface area (Å²) in [5.74, 6) is 0. The fourth-order valence-corrected chi connectivity index (χ4v) is 2.56. The average Bonchev–Trinajstić information content (AvgIpc) is 2.77. The molecule has 1 aromatic heterocycles. The van der Waals surface area contributed by atoms with E-state index in [2.05, 4.69) is 63.1 Å². The number of piperazine rings is 1. The second-order valence-corrected chi connectivity index (χ2v) is 7.10. The van der Waals surface area contributed by atoms with Gasteiger partial charge in [0.05, 0.1) is 11.9 Å². The lowest BCUT2D eigenvalue weighted by Gasteiger charge is -2.44. The summed E-state index contributed by atoms with van der Waals surface area (Å²) in [7, 11) is 0. The quantitative estimate of drug-likeness (QED) is 0.891. The summed E-state index contributed by atoms with van der Waals surface area (Å²) in [5.41, 5.74) is 1.53. The molecule has 4 heteroatoms. The molecule has 4 nitrogen and oxygen atoms in total. The highest BCUT2D eigenvalue weighted by Crippen LogP contribution is 2.27. The Bertz CT molecular complexity index is 416. The number of hydrogen-bond donors (Lipinski definition) is 1. The van der Waals surface area contributed by atoms with Crippen molar-refractivity contribution >= 4 is 5.69 Å². The van der Waals surface area contributed by atoms with E-state index in [1.54, 1.807) is 0 Å². The van der Waals surface area contributed by atoms with Crippen molar-refractivity contribution in [2.75, 3.05) is 18.0 Å². The van der Waals surface area contributed by atoms with Crippen molar-refractivity contribution in [3.05, 3.63) is 12.4 Å². The Hall–Kier alpha value is -1.03. The Balaban J connectivity index is 2.16. The number of hydrogen-bond acceptors (Lipinski definition) is 3. The smallest absolute Gasteiger partial charge is 0.0756 e. The van der Waals surface area contributed by atoms with E-state index in [0.29, 0.717) is 18.1 Å². The molecule has 1 N–H and O–H groups in total. The van der Waals surface area contributed by atoms with Crippen LogP contribution in [0.5, 0.6) is 0 Å². The van der Waals surface area contributed by atoms with Crippen LogP contribution in [0.2, 0.25) is 0 Å². The van der Waals surface area contributed by atoms with Crippen molar-refractivity contribution in [1.82, 2.24) is 15.1 Å². The minimum absolute atomic E-state index is 0.284. The van der Waals surface area contributed by atoms with Gasteiger partial charge >= 0.3 is 0 Å². The van der Waals surface area contributed by atoms with Gasteiger partial charge < -0.3 is 10.2 Å². The first-order valence-corrected chi connectivity index (χ1v) is 7.33. The third-order valence-electron chi connectivity index (χ3n) is 4.06. The minimum atomic E-state index is 0.284. The van der Waals surface area contributed by atoms with Crippen LogP contribution in [0.15, 0.2) is 12.4 Å². The Morgan fingerprint density at radius 2 is 2.05 bits per heavy atom. The number of nitrogens with zero attached hydrogens (tertiary/aromatic N) is 3. The molecule has 108 valence electrons. The number of anilines is 1. The third kappa shape index (κ3) is 3.11. The van der Waals surface area contributed by atoms with E-state index in [0.717, 1.165) is 13.1 Å². The van der Waals surface area contributed by atoms with Crippen LogP contribution < -0.4 is 10.2 Å². The number of nitrogens with one attached hydrogen (secondary N) is 1. The summed E-state index contributed by atoms with van der Waals surface area (Å²) in [6.07, 6.45) is 4.17. The molecule has 1 fully saturated rings. The van der Waals surface area contributed by atoms with Crippen molar-refractivity contribution in [1.29, 1.82) is 0 Å². The summed E-state index contributed by atoms with van der Waals surface area (Å²) in [6, 6.07) is 1.46.